The second kappa shape index (κ2) is 4.61. The highest BCUT2D eigenvalue weighted by atomic mass is 16.2. The molecule has 0 spiro atoms. The number of likely N-dealkylation sites (N-methyl/N-ethyl adjacent to an activating group) is 1. The lowest BCUT2D eigenvalue weighted by Crippen LogP contribution is -2.32. The van der Waals surface area contributed by atoms with Gasteiger partial charge >= 0.3 is 0 Å². The molecule has 0 saturated heterocycles. The molecule has 0 saturated carbocycles. The summed E-state index contributed by atoms with van der Waals surface area (Å²) in [6.45, 7) is 6.94. The zero-order chi connectivity index (χ0) is 12.3. The maximum atomic E-state index is 11.8. The van der Waals surface area contributed by atoms with Crippen molar-refractivity contribution in [1.82, 2.24) is 20.1 Å². The molecule has 1 heterocycles. The fourth-order valence-electron chi connectivity index (χ4n) is 1.16. The maximum Gasteiger partial charge on any atom is 0.293 e. The number of aromatic amines is 1. The molecule has 0 aliphatic carbocycles. The topological polar surface area (TPSA) is 87.9 Å². The summed E-state index contributed by atoms with van der Waals surface area (Å²) in [5.74, 6) is 0.690. The van der Waals surface area contributed by atoms with Gasteiger partial charge < -0.3 is 10.6 Å². The van der Waals surface area contributed by atoms with Crippen LogP contribution in [0.4, 0.5) is 0 Å². The number of hydrogen-bond donors (Lipinski definition) is 2. The van der Waals surface area contributed by atoms with E-state index in [-0.39, 0.29) is 17.1 Å². The maximum absolute atomic E-state index is 11.8. The van der Waals surface area contributed by atoms with Gasteiger partial charge in [0.2, 0.25) is 5.82 Å². The van der Waals surface area contributed by atoms with Crippen molar-refractivity contribution in [2.45, 2.75) is 26.2 Å². The van der Waals surface area contributed by atoms with Crippen molar-refractivity contribution in [2.75, 3.05) is 20.1 Å². The summed E-state index contributed by atoms with van der Waals surface area (Å²) in [6.07, 6.45) is 0. The molecule has 0 aliphatic heterocycles. The van der Waals surface area contributed by atoms with Gasteiger partial charge in [0.15, 0.2) is 0 Å². The van der Waals surface area contributed by atoms with E-state index in [1.807, 2.05) is 20.8 Å². The molecule has 6 heteroatoms. The summed E-state index contributed by atoms with van der Waals surface area (Å²) in [6, 6.07) is 0. The number of nitrogens with one attached hydrogen (secondary N) is 1. The van der Waals surface area contributed by atoms with Gasteiger partial charge in [0, 0.05) is 25.6 Å². The third kappa shape index (κ3) is 2.79. The Hall–Kier alpha value is -1.43. The van der Waals surface area contributed by atoms with Crippen LogP contribution in [0.25, 0.3) is 0 Å². The summed E-state index contributed by atoms with van der Waals surface area (Å²) in [4.78, 5) is 17.5. The fraction of sp³-hybridized carbons (Fsp3) is 0.700. The Kier molecular flexibility index (Phi) is 3.64. The molecule has 1 aromatic rings. The summed E-state index contributed by atoms with van der Waals surface area (Å²) < 4.78 is 0. The third-order valence-corrected chi connectivity index (χ3v) is 2.20. The molecular weight excluding hydrogens is 206 g/mol. The standard InChI is InChI=1S/C10H19N5O/c1-10(2,3)9-12-7(13-14-9)8(16)15(4)6-5-11/h5-6,11H2,1-4H3,(H,12,13,14). The highest BCUT2D eigenvalue weighted by Crippen LogP contribution is 2.17. The fourth-order valence-corrected chi connectivity index (χ4v) is 1.16. The Labute approximate surface area is 95.2 Å². The van der Waals surface area contributed by atoms with E-state index in [0.717, 1.165) is 0 Å². The molecule has 0 atom stereocenters. The second-order valence-corrected chi connectivity index (χ2v) is 4.77. The predicted molar refractivity (Wildman–Crippen MR) is 61.1 cm³/mol. The largest absolute Gasteiger partial charge is 0.338 e. The van der Waals surface area contributed by atoms with E-state index in [1.165, 1.54) is 4.90 Å². The van der Waals surface area contributed by atoms with E-state index in [2.05, 4.69) is 15.2 Å². The molecule has 1 rings (SSSR count). The lowest BCUT2D eigenvalue weighted by Gasteiger charge is -2.14. The van der Waals surface area contributed by atoms with Crippen molar-refractivity contribution >= 4 is 5.91 Å². The van der Waals surface area contributed by atoms with Gasteiger partial charge in [-0.1, -0.05) is 20.8 Å². The van der Waals surface area contributed by atoms with E-state index < -0.39 is 0 Å². The predicted octanol–water partition coefficient (Wildman–Crippen LogP) is 0.133. The molecule has 3 N–H and O–H groups in total. The molecule has 6 nitrogen and oxygen atoms in total. The minimum atomic E-state index is -0.211. The summed E-state index contributed by atoms with van der Waals surface area (Å²) in [7, 11) is 1.68. The number of carbonyl (C=O) groups is 1. The van der Waals surface area contributed by atoms with Crippen molar-refractivity contribution in [1.29, 1.82) is 0 Å². The van der Waals surface area contributed by atoms with E-state index in [0.29, 0.717) is 18.9 Å². The van der Waals surface area contributed by atoms with Crippen molar-refractivity contribution in [3.05, 3.63) is 11.6 Å². The van der Waals surface area contributed by atoms with Crippen LogP contribution in [-0.2, 0) is 5.41 Å². The molecule has 0 unspecified atom stereocenters. The minimum Gasteiger partial charge on any atom is -0.338 e. The van der Waals surface area contributed by atoms with Crippen molar-refractivity contribution in [2.24, 2.45) is 5.73 Å². The minimum absolute atomic E-state index is 0.141. The average Bonchev–Trinajstić information content (AvgIpc) is 2.65. The van der Waals surface area contributed by atoms with Gasteiger partial charge in [0.25, 0.3) is 5.91 Å². The SMILES string of the molecule is CN(CCN)C(=O)c1n[nH]c(C(C)(C)C)n1. The normalized spacial score (nSPS) is 11.6. The Balaban J connectivity index is 2.82. The lowest BCUT2D eigenvalue weighted by molar-refractivity contribution is 0.0787. The first kappa shape index (κ1) is 12.6. The van der Waals surface area contributed by atoms with Crippen LogP contribution in [0.3, 0.4) is 0 Å². The van der Waals surface area contributed by atoms with Gasteiger partial charge in [-0.05, 0) is 0 Å². The van der Waals surface area contributed by atoms with E-state index >= 15 is 0 Å². The van der Waals surface area contributed by atoms with Gasteiger partial charge in [0.1, 0.15) is 5.82 Å². The van der Waals surface area contributed by atoms with Crippen LogP contribution in [-0.4, -0.2) is 46.1 Å². The summed E-state index contributed by atoms with van der Waals surface area (Å²) >= 11 is 0. The first-order valence-electron chi connectivity index (χ1n) is 5.24. The molecule has 0 fully saturated rings. The van der Waals surface area contributed by atoms with Gasteiger partial charge in [-0.3, -0.25) is 9.89 Å². The first-order chi connectivity index (χ1) is 7.36. The molecule has 0 aromatic carbocycles. The van der Waals surface area contributed by atoms with Gasteiger partial charge in [-0.2, -0.15) is 0 Å². The second-order valence-electron chi connectivity index (χ2n) is 4.77. The monoisotopic (exact) mass is 225 g/mol. The van der Waals surface area contributed by atoms with Crippen molar-refractivity contribution < 1.29 is 4.79 Å². The number of rotatable bonds is 3. The van der Waals surface area contributed by atoms with Crippen molar-refractivity contribution in [3.8, 4) is 0 Å². The summed E-state index contributed by atoms with van der Waals surface area (Å²) in [5, 5.41) is 6.70. The Morgan fingerprint density at radius 3 is 2.56 bits per heavy atom. The number of amides is 1. The van der Waals surface area contributed by atoms with Crippen LogP contribution < -0.4 is 5.73 Å². The van der Waals surface area contributed by atoms with Crippen LogP contribution in [0.2, 0.25) is 0 Å². The van der Waals surface area contributed by atoms with Gasteiger partial charge in [-0.15, -0.1) is 5.10 Å². The van der Waals surface area contributed by atoms with Crippen LogP contribution in [0.5, 0.6) is 0 Å². The number of H-pyrrole nitrogens is 1. The van der Waals surface area contributed by atoms with Gasteiger partial charge in [0.05, 0.1) is 0 Å². The number of carbonyl (C=O) groups excluding carboxylic acids is 1. The Bertz CT molecular complexity index is 366. The zero-order valence-corrected chi connectivity index (χ0v) is 10.2. The number of nitrogens with two attached hydrogens (primary N) is 1. The average molecular weight is 225 g/mol. The molecule has 1 aromatic heterocycles. The Morgan fingerprint density at radius 1 is 1.50 bits per heavy atom. The van der Waals surface area contributed by atoms with Crippen LogP contribution in [0, 0.1) is 0 Å². The van der Waals surface area contributed by atoms with E-state index in [1.54, 1.807) is 7.05 Å². The quantitative estimate of drug-likeness (QED) is 0.765. The van der Waals surface area contributed by atoms with E-state index in [4.69, 9.17) is 5.73 Å². The van der Waals surface area contributed by atoms with Crippen LogP contribution in [0.15, 0.2) is 0 Å². The molecule has 16 heavy (non-hydrogen) atoms. The lowest BCUT2D eigenvalue weighted by atomic mass is 9.96. The molecule has 1 amide bonds. The van der Waals surface area contributed by atoms with Crippen LogP contribution in [0.1, 0.15) is 37.2 Å². The molecule has 90 valence electrons. The first-order valence-corrected chi connectivity index (χ1v) is 5.24. The summed E-state index contributed by atoms with van der Waals surface area (Å²) in [5.41, 5.74) is 5.24. The highest BCUT2D eigenvalue weighted by molar-refractivity contribution is 5.90. The molecule has 0 radical (unpaired) electrons. The molecular formula is C10H19N5O. The smallest absolute Gasteiger partial charge is 0.293 e. The number of nitrogens with zero attached hydrogens (tertiary/aromatic N) is 3. The Morgan fingerprint density at radius 2 is 2.12 bits per heavy atom. The molecule has 0 aliphatic rings. The van der Waals surface area contributed by atoms with Crippen LogP contribution >= 0.6 is 0 Å². The third-order valence-electron chi connectivity index (χ3n) is 2.20. The van der Waals surface area contributed by atoms with Gasteiger partial charge in [-0.25, -0.2) is 4.98 Å². The highest BCUT2D eigenvalue weighted by Gasteiger charge is 2.22. The number of hydrogen-bond acceptors (Lipinski definition) is 4. The van der Waals surface area contributed by atoms with Crippen molar-refractivity contribution in [3.63, 3.8) is 0 Å². The van der Waals surface area contributed by atoms with E-state index in [9.17, 15) is 4.79 Å². The zero-order valence-electron chi connectivity index (χ0n) is 10.2. The molecule has 0 bridgehead atoms. The number of aromatic nitrogens is 3.